The lowest BCUT2D eigenvalue weighted by atomic mass is 10.4. The molecule has 0 aliphatic carbocycles. The minimum atomic E-state index is 0.620. The SMILES string of the molecule is CCNCc1ccc(OCCN2CCCC2)nn1. The first-order valence-electron chi connectivity index (χ1n) is 6.77. The van der Waals surface area contributed by atoms with Crippen LogP contribution in [0.3, 0.4) is 0 Å². The van der Waals surface area contributed by atoms with Gasteiger partial charge in [0.2, 0.25) is 5.88 Å². The van der Waals surface area contributed by atoms with Gasteiger partial charge >= 0.3 is 0 Å². The van der Waals surface area contributed by atoms with E-state index in [1.807, 2.05) is 12.1 Å². The van der Waals surface area contributed by atoms with Crippen molar-refractivity contribution in [3.8, 4) is 5.88 Å². The van der Waals surface area contributed by atoms with Crippen molar-refractivity contribution in [2.45, 2.75) is 26.3 Å². The Morgan fingerprint density at radius 1 is 1.28 bits per heavy atom. The number of rotatable bonds is 7. The maximum Gasteiger partial charge on any atom is 0.233 e. The van der Waals surface area contributed by atoms with Crippen LogP contribution in [0.1, 0.15) is 25.5 Å². The van der Waals surface area contributed by atoms with Gasteiger partial charge in [-0.25, -0.2) is 0 Å². The molecule has 0 unspecified atom stereocenters. The molecular weight excluding hydrogens is 228 g/mol. The second kappa shape index (κ2) is 7.28. The number of hydrogen-bond donors (Lipinski definition) is 1. The first-order valence-corrected chi connectivity index (χ1v) is 6.77. The van der Waals surface area contributed by atoms with E-state index in [1.165, 1.54) is 25.9 Å². The standard InChI is InChI=1S/C13H22N4O/c1-2-14-11-12-5-6-13(16-15-12)18-10-9-17-7-3-4-8-17/h5-6,14H,2-4,7-11H2,1H3. The summed E-state index contributed by atoms with van der Waals surface area (Å²) in [5.74, 6) is 0.620. The molecule has 18 heavy (non-hydrogen) atoms. The third-order valence-corrected chi connectivity index (χ3v) is 3.11. The average Bonchev–Trinajstić information content (AvgIpc) is 2.91. The van der Waals surface area contributed by atoms with E-state index in [0.717, 1.165) is 25.3 Å². The molecule has 100 valence electrons. The molecule has 5 heteroatoms. The number of hydrogen-bond acceptors (Lipinski definition) is 5. The minimum absolute atomic E-state index is 0.620. The predicted molar refractivity (Wildman–Crippen MR) is 70.6 cm³/mol. The van der Waals surface area contributed by atoms with E-state index >= 15 is 0 Å². The predicted octanol–water partition coefficient (Wildman–Crippen LogP) is 1.06. The number of nitrogens with zero attached hydrogens (tertiary/aromatic N) is 3. The van der Waals surface area contributed by atoms with E-state index in [2.05, 4.69) is 27.3 Å². The molecule has 5 nitrogen and oxygen atoms in total. The van der Waals surface area contributed by atoms with Crippen molar-refractivity contribution in [3.05, 3.63) is 17.8 Å². The molecular formula is C13H22N4O. The zero-order valence-corrected chi connectivity index (χ0v) is 11.1. The highest BCUT2D eigenvalue weighted by Crippen LogP contribution is 2.08. The number of ether oxygens (including phenoxy) is 1. The lowest BCUT2D eigenvalue weighted by Gasteiger charge is -2.14. The summed E-state index contributed by atoms with van der Waals surface area (Å²) in [6.07, 6.45) is 2.64. The first-order chi connectivity index (χ1) is 8.88. The fourth-order valence-corrected chi connectivity index (χ4v) is 2.06. The number of aromatic nitrogens is 2. The Morgan fingerprint density at radius 3 is 2.78 bits per heavy atom. The van der Waals surface area contributed by atoms with Gasteiger partial charge in [-0.05, 0) is 38.5 Å². The largest absolute Gasteiger partial charge is 0.475 e. The summed E-state index contributed by atoms with van der Waals surface area (Å²) in [4.78, 5) is 2.42. The van der Waals surface area contributed by atoms with Crippen LogP contribution < -0.4 is 10.1 Å². The van der Waals surface area contributed by atoms with E-state index in [4.69, 9.17) is 4.74 Å². The second-order valence-corrected chi connectivity index (χ2v) is 4.54. The van der Waals surface area contributed by atoms with Crippen LogP contribution in [0.4, 0.5) is 0 Å². The van der Waals surface area contributed by atoms with Crippen LogP contribution in [0.2, 0.25) is 0 Å². The monoisotopic (exact) mass is 250 g/mol. The number of likely N-dealkylation sites (tertiary alicyclic amines) is 1. The fraction of sp³-hybridized carbons (Fsp3) is 0.692. The third kappa shape index (κ3) is 4.23. The Bertz CT molecular complexity index is 335. The Morgan fingerprint density at radius 2 is 2.11 bits per heavy atom. The van der Waals surface area contributed by atoms with Gasteiger partial charge in [0, 0.05) is 19.2 Å². The average molecular weight is 250 g/mol. The Kier molecular flexibility index (Phi) is 5.36. The molecule has 1 aliphatic rings. The molecule has 1 fully saturated rings. The summed E-state index contributed by atoms with van der Waals surface area (Å²) in [6, 6.07) is 3.85. The highest BCUT2D eigenvalue weighted by Gasteiger charge is 2.10. The van der Waals surface area contributed by atoms with Crippen molar-refractivity contribution in [1.82, 2.24) is 20.4 Å². The van der Waals surface area contributed by atoms with Gasteiger partial charge in [-0.1, -0.05) is 6.92 Å². The normalized spacial score (nSPS) is 16.1. The third-order valence-electron chi connectivity index (χ3n) is 3.11. The summed E-state index contributed by atoms with van der Waals surface area (Å²) in [7, 11) is 0. The molecule has 0 spiro atoms. The summed E-state index contributed by atoms with van der Waals surface area (Å²) in [5.41, 5.74) is 0.948. The van der Waals surface area contributed by atoms with Crippen LogP contribution in [0.25, 0.3) is 0 Å². The summed E-state index contributed by atoms with van der Waals surface area (Å²) >= 11 is 0. The van der Waals surface area contributed by atoms with Gasteiger partial charge in [-0.3, -0.25) is 4.90 Å². The zero-order chi connectivity index (χ0) is 12.6. The van der Waals surface area contributed by atoms with Crippen molar-refractivity contribution >= 4 is 0 Å². The van der Waals surface area contributed by atoms with Gasteiger partial charge in [-0.15, -0.1) is 5.10 Å². The van der Waals surface area contributed by atoms with E-state index in [0.29, 0.717) is 12.5 Å². The molecule has 2 heterocycles. The van der Waals surface area contributed by atoms with Crippen molar-refractivity contribution in [2.24, 2.45) is 0 Å². The maximum absolute atomic E-state index is 5.59. The van der Waals surface area contributed by atoms with Crippen LogP contribution in [0.5, 0.6) is 5.88 Å². The molecule has 0 amide bonds. The van der Waals surface area contributed by atoms with Gasteiger partial charge in [0.25, 0.3) is 0 Å². The summed E-state index contributed by atoms with van der Waals surface area (Å²) in [6.45, 7) is 7.87. The Balaban J connectivity index is 1.68. The molecule has 0 radical (unpaired) electrons. The van der Waals surface area contributed by atoms with Crippen LogP contribution in [-0.4, -0.2) is 47.9 Å². The summed E-state index contributed by atoms with van der Waals surface area (Å²) in [5, 5.41) is 11.4. The summed E-state index contributed by atoms with van der Waals surface area (Å²) < 4.78 is 5.59. The van der Waals surface area contributed by atoms with Crippen LogP contribution in [0.15, 0.2) is 12.1 Å². The molecule has 2 rings (SSSR count). The maximum atomic E-state index is 5.59. The van der Waals surface area contributed by atoms with Crippen molar-refractivity contribution < 1.29 is 4.74 Å². The molecule has 1 saturated heterocycles. The highest BCUT2D eigenvalue weighted by molar-refractivity contribution is 5.11. The van der Waals surface area contributed by atoms with Crippen LogP contribution >= 0.6 is 0 Å². The topological polar surface area (TPSA) is 50.3 Å². The molecule has 1 aliphatic heterocycles. The van der Waals surface area contributed by atoms with E-state index in [-0.39, 0.29) is 0 Å². The minimum Gasteiger partial charge on any atom is -0.475 e. The smallest absolute Gasteiger partial charge is 0.233 e. The van der Waals surface area contributed by atoms with Gasteiger partial charge in [0.05, 0.1) is 5.69 Å². The molecule has 1 aromatic heterocycles. The van der Waals surface area contributed by atoms with Crippen LogP contribution in [0, 0.1) is 0 Å². The lowest BCUT2D eigenvalue weighted by Crippen LogP contribution is -2.25. The quantitative estimate of drug-likeness (QED) is 0.784. The molecule has 0 atom stereocenters. The van der Waals surface area contributed by atoms with E-state index in [9.17, 15) is 0 Å². The van der Waals surface area contributed by atoms with Gasteiger partial charge < -0.3 is 10.1 Å². The van der Waals surface area contributed by atoms with E-state index < -0.39 is 0 Å². The molecule has 0 bridgehead atoms. The molecule has 1 N–H and O–H groups in total. The van der Waals surface area contributed by atoms with Crippen molar-refractivity contribution in [1.29, 1.82) is 0 Å². The highest BCUT2D eigenvalue weighted by atomic mass is 16.5. The molecule has 0 aromatic carbocycles. The van der Waals surface area contributed by atoms with Gasteiger partial charge in [0.1, 0.15) is 6.61 Å². The van der Waals surface area contributed by atoms with Gasteiger partial charge in [-0.2, -0.15) is 5.10 Å². The van der Waals surface area contributed by atoms with Crippen LogP contribution in [-0.2, 0) is 6.54 Å². The Labute approximate surface area is 109 Å². The first kappa shape index (κ1) is 13.2. The van der Waals surface area contributed by atoms with Gasteiger partial charge in [0.15, 0.2) is 0 Å². The fourth-order valence-electron chi connectivity index (χ4n) is 2.06. The lowest BCUT2D eigenvalue weighted by molar-refractivity contribution is 0.230. The van der Waals surface area contributed by atoms with E-state index in [1.54, 1.807) is 0 Å². The zero-order valence-electron chi connectivity index (χ0n) is 11.1. The van der Waals surface area contributed by atoms with Crippen molar-refractivity contribution in [3.63, 3.8) is 0 Å². The molecule has 1 aromatic rings. The number of nitrogens with one attached hydrogen (secondary N) is 1. The second-order valence-electron chi connectivity index (χ2n) is 4.54. The Hall–Kier alpha value is -1.20. The van der Waals surface area contributed by atoms with Crippen molar-refractivity contribution in [2.75, 3.05) is 32.8 Å². The molecule has 0 saturated carbocycles.